The molecule has 0 amide bonds. The van der Waals surface area contributed by atoms with Gasteiger partial charge in [0.05, 0.1) is 23.4 Å². The Balaban J connectivity index is 2.06. The Labute approximate surface area is 157 Å². The molecule has 0 atom stereocenters. The van der Waals surface area contributed by atoms with E-state index in [1.165, 1.54) is 12.1 Å². The van der Waals surface area contributed by atoms with Gasteiger partial charge in [-0.25, -0.2) is 4.98 Å². The maximum Gasteiger partial charge on any atom is 0.416 e. The Morgan fingerprint density at radius 2 is 2.04 bits per heavy atom. The highest BCUT2D eigenvalue weighted by Gasteiger charge is 2.30. The molecule has 0 aliphatic heterocycles. The number of carbonyl (C=O) groups excluding carboxylic acids is 1. The van der Waals surface area contributed by atoms with Gasteiger partial charge >= 0.3 is 6.18 Å². The lowest BCUT2D eigenvalue weighted by molar-refractivity contribution is -0.137. The van der Waals surface area contributed by atoms with Crippen molar-refractivity contribution in [1.82, 2.24) is 9.97 Å². The molecule has 3 rings (SSSR count). The number of nitrogens with one attached hydrogen (secondary N) is 1. The van der Waals surface area contributed by atoms with Crippen LogP contribution in [0.15, 0.2) is 42.6 Å². The van der Waals surface area contributed by atoms with Gasteiger partial charge in [0.25, 0.3) is 6.47 Å². The number of halogens is 4. The fourth-order valence-corrected chi connectivity index (χ4v) is 2.69. The van der Waals surface area contributed by atoms with Crippen molar-refractivity contribution in [1.29, 1.82) is 0 Å². The van der Waals surface area contributed by atoms with Gasteiger partial charge in [-0.2, -0.15) is 13.2 Å². The van der Waals surface area contributed by atoms with Crippen molar-refractivity contribution in [3.8, 4) is 0 Å². The van der Waals surface area contributed by atoms with Gasteiger partial charge in [0.1, 0.15) is 10.7 Å². The van der Waals surface area contributed by atoms with E-state index >= 15 is 0 Å². The van der Waals surface area contributed by atoms with Gasteiger partial charge in [0.2, 0.25) is 0 Å². The van der Waals surface area contributed by atoms with E-state index in [1.54, 1.807) is 18.3 Å². The molecule has 0 aliphatic carbocycles. The Kier molecular flexibility index (Phi) is 5.46. The average Bonchev–Trinajstić information content (AvgIpc) is 2.63. The number of alkyl halides is 3. The maximum atomic E-state index is 13.0. The Morgan fingerprint density at radius 3 is 2.78 bits per heavy atom. The molecule has 0 bridgehead atoms. The van der Waals surface area contributed by atoms with Crippen LogP contribution in [-0.4, -0.2) is 23.0 Å². The molecule has 0 saturated carbocycles. The summed E-state index contributed by atoms with van der Waals surface area (Å²) >= 11 is 5.97. The highest BCUT2D eigenvalue weighted by atomic mass is 35.5. The Bertz CT molecular complexity index is 980. The van der Waals surface area contributed by atoms with Gasteiger partial charge in [0, 0.05) is 18.3 Å². The first-order valence-electron chi connectivity index (χ1n) is 7.82. The quantitative estimate of drug-likeness (QED) is 0.370. The third-order valence-electron chi connectivity index (χ3n) is 3.77. The standard InChI is InChI=1S/C18H13ClF3N3O2/c19-15-5-4-14-17(25-15)16(11(9-23-14)6-7-27-10-26)24-13-3-1-2-12(8-13)18(20,21)22/h1-5,8-10H,6-7H2,(H,23,24). The number of ether oxygens (including phenoxy) is 1. The smallest absolute Gasteiger partial charge is 0.416 e. The van der Waals surface area contributed by atoms with Crippen LogP contribution in [0.4, 0.5) is 24.5 Å². The molecule has 3 aromatic rings. The lowest BCUT2D eigenvalue weighted by Crippen LogP contribution is -2.07. The topological polar surface area (TPSA) is 64.1 Å². The molecule has 0 fully saturated rings. The second-order valence-corrected chi connectivity index (χ2v) is 5.97. The molecule has 5 nitrogen and oxygen atoms in total. The van der Waals surface area contributed by atoms with Crippen LogP contribution in [0.25, 0.3) is 11.0 Å². The summed E-state index contributed by atoms with van der Waals surface area (Å²) < 4.78 is 43.7. The summed E-state index contributed by atoms with van der Waals surface area (Å²) in [4.78, 5) is 18.9. The minimum Gasteiger partial charge on any atom is -0.468 e. The van der Waals surface area contributed by atoms with E-state index < -0.39 is 11.7 Å². The third kappa shape index (κ3) is 4.46. The highest BCUT2D eigenvalue weighted by molar-refractivity contribution is 6.29. The van der Waals surface area contributed by atoms with Crippen molar-refractivity contribution < 1.29 is 22.7 Å². The maximum absolute atomic E-state index is 13.0. The van der Waals surface area contributed by atoms with Gasteiger partial charge in [-0.1, -0.05) is 17.7 Å². The number of hydrogen-bond acceptors (Lipinski definition) is 5. The highest BCUT2D eigenvalue weighted by Crippen LogP contribution is 2.33. The van der Waals surface area contributed by atoms with E-state index in [4.69, 9.17) is 16.3 Å². The van der Waals surface area contributed by atoms with Crippen LogP contribution in [0.1, 0.15) is 11.1 Å². The number of nitrogens with zero attached hydrogens (tertiary/aromatic N) is 2. The second kappa shape index (κ2) is 7.79. The first-order valence-corrected chi connectivity index (χ1v) is 8.20. The summed E-state index contributed by atoms with van der Waals surface area (Å²) in [6.07, 6.45) is -2.60. The fourth-order valence-electron chi connectivity index (χ4n) is 2.54. The number of fused-ring (bicyclic) bond motifs is 1. The number of pyridine rings is 2. The monoisotopic (exact) mass is 395 g/mol. The molecular weight excluding hydrogens is 383 g/mol. The van der Waals surface area contributed by atoms with Crippen LogP contribution in [0, 0.1) is 0 Å². The zero-order valence-electron chi connectivity index (χ0n) is 13.8. The van der Waals surface area contributed by atoms with Gasteiger partial charge in [0.15, 0.2) is 0 Å². The normalized spacial score (nSPS) is 11.4. The van der Waals surface area contributed by atoms with Gasteiger partial charge in [-0.15, -0.1) is 0 Å². The molecule has 0 radical (unpaired) electrons. The number of aromatic nitrogens is 2. The molecule has 2 aromatic heterocycles. The van der Waals surface area contributed by atoms with Gasteiger partial charge < -0.3 is 10.1 Å². The lowest BCUT2D eigenvalue weighted by atomic mass is 10.1. The van der Waals surface area contributed by atoms with E-state index in [2.05, 4.69) is 15.3 Å². The predicted octanol–water partition coefficient (Wildman–Crippen LogP) is 4.76. The van der Waals surface area contributed by atoms with E-state index in [-0.39, 0.29) is 17.4 Å². The number of anilines is 2. The molecule has 0 unspecified atom stereocenters. The second-order valence-electron chi connectivity index (χ2n) is 5.58. The number of benzene rings is 1. The Morgan fingerprint density at radius 1 is 1.22 bits per heavy atom. The molecule has 0 aliphatic rings. The van der Waals surface area contributed by atoms with E-state index in [9.17, 15) is 18.0 Å². The third-order valence-corrected chi connectivity index (χ3v) is 3.98. The number of rotatable bonds is 6. The van der Waals surface area contributed by atoms with Crippen LogP contribution in [0.3, 0.4) is 0 Å². The van der Waals surface area contributed by atoms with E-state index in [0.29, 0.717) is 35.2 Å². The van der Waals surface area contributed by atoms with Crippen molar-refractivity contribution >= 4 is 40.5 Å². The van der Waals surface area contributed by atoms with Crippen LogP contribution in [0.2, 0.25) is 5.15 Å². The molecule has 1 N–H and O–H groups in total. The minimum atomic E-state index is -4.46. The van der Waals surface area contributed by atoms with Crippen LogP contribution >= 0.6 is 11.6 Å². The zero-order chi connectivity index (χ0) is 19.4. The van der Waals surface area contributed by atoms with Crippen LogP contribution in [-0.2, 0) is 22.1 Å². The summed E-state index contributed by atoms with van der Waals surface area (Å²) in [5, 5.41) is 3.20. The Hall–Kier alpha value is -2.87. The average molecular weight is 396 g/mol. The fraction of sp³-hybridized carbons (Fsp3) is 0.167. The van der Waals surface area contributed by atoms with E-state index in [1.807, 2.05) is 0 Å². The summed E-state index contributed by atoms with van der Waals surface area (Å²) in [6.45, 7) is 0.415. The van der Waals surface area contributed by atoms with Gasteiger partial charge in [-0.3, -0.25) is 9.78 Å². The van der Waals surface area contributed by atoms with Crippen LogP contribution < -0.4 is 5.32 Å². The molecule has 0 saturated heterocycles. The lowest BCUT2D eigenvalue weighted by Gasteiger charge is -2.15. The molecule has 9 heteroatoms. The number of carbonyl (C=O) groups is 1. The van der Waals surface area contributed by atoms with Crippen molar-refractivity contribution in [3.05, 3.63) is 58.9 Å². The molecule has 140 valence electrons. The van der Waals surface area contributed by atoms with E-state index in [0.717, 1.165) is 12.1 Å². The molecule has 0 spiro atoms. The van der Waals surface area contributed by atoms with Crippen LogP contribution in [0.5, 0.6) is 0 Å². The van der Waals surface area contributed by atoms with Crippen molar-refractivity contribution in [2.75, 3.05) is 11.9 Å². The first kappa shape index (κ1) is 18.9. The molecule has 27 heavy (non-hydrogen) atoms. The molecular formula is C18H13ClF3N3O2. The predicted molar refractivity (Wildman–Crippen MR) is 95.0 cm³/mol. The zero-order valence-corrected chi connectivity index (χ0v) is 14.5. The summed E-state index contributed by atoms with van der Waals surface area (Å²) in [5.74, 6) is 0. The van der Waals surface area contributed by atoms with Crippen molar-refractivity contribution in [2.24, 2.45) is 0 Å². The molecule has 2 heterocycles. The number of hydrogen-bond donors (Lipinski definition) is 1. The molecule has 1 aromatic carbocycles. The summed E-state index contributed by atoms with van der Waals surface area (Å²) in [7, 11) is 0. The van der Waals surface area contributed by atoms with Gasteiger partial charge in [-0.05, 0) is 35.9 Å². The van der Waals surface area contributed by atoms with Crippen molar-refractivity contribution in [3.63, 3.8) is 0 Å². The summed E-state index contributed by atoms with van der Waals surface area (Å²) in [6, 6.07) is 8.04. The SMILES string of the molecule is O=COCCc1cnc2ccc(Cl)nc2c1Nc1cccc(C(F)(F)F)c1. The first-order chi connectivity index (χ1) is 12.9. The minimum absolute atomic E-state index is 0.0918. The van der Waals surface area contributed by atoms with Crippen molar-refractivity contribution in [2.45, 2.75) is 12.6 Å². The largest absolute Gasteiger partial charge is 0.468 e. The summed E-state index contributed by atoms with van der Waals surface area (Å²) in [5.41, 5.74) is 1.46.